The van der Waals surface area contributed by atoms with Crippen LogP contribution in [-0.2, 0) is 17.6 Å². The molecule has 0 bridgehead atoms. The molecule has 96 valence electrons. The van der Waals surface area contributed by atoms with E-state index in [2.05, 4.69) is 18.3 Å². The first-order chi connectivity index (χ1) is 8.52. The van der Waals surface area contributed by atoms with Gasteiger partial charge in [-0.2, -0.15) is 5.26 Å². The van der Waals surface area contributed by atoms with Gasteiger partial charge in [0.05, 0.1) is 5.56 Å². The minimum atomic E-state index is -0.588. The summed E-state index contributed by atoms with van der Waals surface area (Å²) in [6.45, 7) is 3.84. The Morgan fingerprint density at radius 1 is 1.67 bits per heavy atom. The van der Waals surface area contributed by atoms with Crippen LogP contribution in [0, 0.1) is 17.2 Å². The number of thiophene rings is 1. The van der Waals surface area contributed by atoms with Crippen molar-refractivity contribution in [2.24, 2.45) is 5.92 Å². The summed E-state index contributed by atoms with van der Waals surface area (Å²) in [5.41, 5.74) is 1.76. The number of rotatable bonds is 2. The van der Waals surface area contributed by atoms with E-state index in [0.29, 0.717) is 16.5 Å². The van der Waals surface area contributed by atoms with Gasteiger partial charge in [-0.15, -0.1) is 22.9 Å². The smallest absolute Gasteiger partial charge is 0.242 e. The Hall–Kier alpha value is -1.05. The summed E-state index contributed by atoms with van der Waals surface area (Å²) in [5, 5.41) is 12.1. The normalized spacial score (nSPS) is 19.8. The van der Waals surface area contributed by atoms with Gasteiger partial charge in [0.25, 0.3) is 0 Å². The minimum Gasteiger partial charge on any atom is -0.315 e. The van der Waals surface area contributed by atoms with Crippen molar-refractivity contribution in [2.45, 2.75) is 38.5 Å². The average Bonchev–Trinajstić information content (AvgIpc) is 2.64. The Morgan fingerprint density at radius 3 is 3.00 bits per heavy atom. The largest absolute Gasteiger partial charge is 0.315 e. The van der Waals surface area contributed by atoms with Crippen molar-refractivity contribution < 1.29 is 4.79 Å². The van der Waals surface area contributed by atoms with Gasteiger partial charge in [-0.25, -0.2) is 0 Å². The molecule has 2 atom stereocenters. The Kier molecular flexibility index (Phi) is 3.94. The summed E-state index contributed by atoms with van der Waals surface area (Å²) in [5.74, 6) is 0.401. The van der Waals surface area contributed by atoms with E-state index in [1.165, 1.54) is 16.2 Å². The Morgan fingerprint density at radius 2 is 2.39 bits per heavy atom. The van der Waals surface area contributed by atoms with E-state index in [9.17, 15) is 10.1 Å². The van der Waals surface area contributed by atoms with E-state index >= 15 is 0 Å². The maximum atomic E-state index is 11.6. The number of nitrogens with zero attached hydrogens (tertiary/aromatic N) is 1. The van der Waals surface area contributed by atoms with Crippen molar-refractivity contribution in [1.29, 1.82) is 5.26 Å². The summed E-state index contributed by atoms with van der Waals surface area (Å²) in [4.78, 5) is 12.9. The molecule has 0 fully saturated rings. The quantitative estimate of drug-likeness (QED) is 0.846. The lowest BCUT2D eigenvalue weighted by molar-refractivity contribution is -0.115. The highest BCUT2D eigenvalue weighted by molar-refractivity contribution is 7.16. The first kappa shape index (κ1) is 13.4. The lowest BCUT2D eigenvalue weighted by atomic mass is 9.89. The molecule has 0 radical (unpaired) electrons. The number of carbonyl (C=O) groups excluding carboxylic acids is 1. The number of anilines is 1. The zero-order valence-corrected chi connectivity index (χ0v) is 12.0. The summed E-state index contributed by atoms with van der Waals surface area (Å²) >= 11 is 7.26. The average molecular weight is 283 g/mol. The van der Waals surface area contributed by atoms with Gasteiger partial charge in [-0.1, -0.05) is 6.92 Å². The fourth-order valence-electron chi connectivity index (χ4n) is 2.17. The molecule has 0 saturated heterocycles. The minimum absolute atomic E-state index is 0.250. The van der Waals surface area contributed by atoms with E-state index in [0.717, 1.165) is 24.8 Å². The number of hydrogen-bond acceptors (Lipinski definition) is 3. The second-order valence-corrected chi connectivity index (χ2v) is 6.53. The molecular formula is C13H15ClN2OS. The third-order valence-corrected chi connectivity index (χ3v) is 4.59. The SMILES string of the molecule is C[C@H]1CCc2c(sc(NC(=O)[C@H](C)Cl)c2C#N)C1. The van der Waals surface area contributed by atoms with Crippen molar-refractivity contribution in [2.75, 3.05) is 5.32 Å². The van der Waals surface area contributed by atoms with Crippen LogP contribution >= 0.6 is 22.9 Å². The highest BCUT2D eigenvalue weighted by atomic mass is 35.5. The maximum Gasteiger partial charge on any atom is 0.242 e. The molecule has 1 heterocycles. The Balaban J connectivity index is 2.32. The van der Waals surface area contributed by atoms with Crippen molar-refractivity contribution in [1.82, 2.24) is 0 Å². The number of fused-ring (bicyclic) bond motifs is 1. The first-order valence-corrected chi connectivity index (χ1v) is 7.27. The van der Waals surface area contributed by atoms with E-state index in [-0.39, 0.29) is 5.91 Å². The van der Waals surface area contributed by atoms with Crippen LogP contribution in [-0.4, -0.2) is 11.3 Å². The van der Waals surface area contributed by atoms with Crippen molar-refractivity contribution >= 4 is 33.8 Å². The number of hydrogen-bond donors (Lipinski definition) is 1. The van der Waals surface area contributed by atoms with Crippen LogP contribution in [0.15, 0.2) is 0 Å². The third-order valence-electron chi connectivity index (χ3n) is 3.22. The van der Waals surface area contributed by atoms with Gasteiger partial charge in [0.2, 0.25) is 5.91 Å². The van der Waals surface area contributed by atoms with Crippen LogP contribution in [0.4, 0.5) is 5.00 Å². The number of carbonyl (C=O) groups is 1. The molecule has 1 N–H and O–H groups in total. The van der Waals surface area contributed by atoms with E-state index in [1.807, 2.05) is 0 Å². The molecule has 1 amide bonds. The molecule has 1 aromatic rings. The van der Waals surface area contributed by atoms with Gasteiger partial charge in [0.15, 0.2) is 0 Å². The number of amides is 1. The van der Waals surface area contributed by atoms with Crippen LogP contribution in [0.5, 0.6) is 0 Å². The van der Waals surface area contributed by atoms with Gasteiger partial charge < -0.3 is 5.32 Å². The number of nitriles is 1. The van der Waals surface area contributed by atoms with Crippen LogP contribution < -0.4 is 5.32 Å². The van der Waals surface area contributed by atoms with E-state index in [1.54, 1.807) is 6.92 Å². The molecule has 5 heteroatoms. The zero-order valence-electron chi connectivity index (χ0n) is 10.4. The molecule has 1 aromatic heterocycles. The second kappa shape index (κ2) is 5.29. The van der Waals surface area contributed by atoms with Crippen molar-refractivity contribution in [3.05, 3.63) is 16.0 Å². The van der Waals surface area contributed by atoms with Gasteiger partial charge >= 0.3 is 0 Å². The number of nitrogens with one attached hydrogen (secondary N) is 1. The Labute approximate surface area is 116 Å². The molecule has 18 heavy (non-hydrogen) atoms. The maximum absolute atomic E-state index is 11.6. The highest BCUT2D eigenvalue weighted by Crippen LogP contribution is 2.39. The molecule has 1 aliphatic rings. The van der Waals surface area contributed by atoms with E-state index in [4.69, 9.17) is 11.6 Å². The van der Waals surface area contributed by atoms with Gasteiger partial charge in [-0.05, 0) is 37.7 Å². The predicted molar refractivity (Wildman–Crippen MR) is 74.2 cm³/mol. The Bertz CT molecular complexity index is 516. The molecule has 0 spiro atoms. The summed E-state index contributed by atoms with van der Waals surface area (Å²) in [6.07, 6.45) is 3.04. The summed E-state index contributed by atoms with van der Waals surface area (Å²) in [6, 6.07) is 2.22. The fraction of sp³-hybridized carbons (Fsp3) is 0.538. The zero-order chi connectivity index (χ0) is 13.3. The molecule has 0 aliphatic heterocycles. The third kappa shape index (κ3) is 2.52. The van der Waals surface area contributed by atoms with Crippen molar-refractivity contribution in [3.8, 4) is 6.07 Å². The molecule has 0 saturated carbocycles. The lowest BCUT2D eigenvalue weighted by Gasteiger charge is -2.17. The van der Waals surface area contributed by atoms with Crippen LogP contribution in [0.25, 0.3) is 0 Å². The standard InChI is InChI=1S/C13H15ClN2OS/c1-7-3-4-9-10(6-15)13(18-11(9)5-7)16-12(17)8(2)14/h7-8H,3-5H2,1-2H3,(H,16,17)/t7-,8-/m0/s1. The molecule has 2 rings (SSSR count). The van der Waals surface area contributed by atoms with E-state index < -0.39 is 5.38 Å². The number of alkyl halides is 1. The van der Waals surface area contributed by atoms with Gasteiger partial charge in [0, 0.05) is 4.88 Å². The van der Waals surface area contributed by atoms with Gasteiger partial charge in [0.1, 0.15) is 16.4 Å². The first-order valence-electron chi connectivity index (χ1n) is 6.02. The summed E-state index contributed by atoms with van der Waals surface area (Å²) in [7, 11) is 0. The predicted octanol–water partition coefficient (Wildman–Crippen LogP) is 3.31. The van der Waals surface area contributed by atoms with Crippen molar-refractivity contribution in [3.63, 3.8) is 0 Å². The number of halogens is 1. The molecule has 0 aromatic carbocycles. The second-order valence-electron chi connectivity index (χ2n) is 4.77. The topological polar surface area (TPSA) is 52.9 Å². The molecule has 0 unspecified atom stereocenters. The lowest BCUT2D eigenvalue weighted by Crippen LogP contribution is -2.20. The fourth-order valence-corrected chi connectivity index (χ4v) is 3.59. The molecular weight excluding hydrogens is 268 g/mol. The van der Waals surface area contributed by atoms with Crippen LogP contribution in [0.3, 0.4) is 0 Å². The van der Waals surface area contributed by atoms with Crippen LogP contribution in [0.1, 0.15) is 36.3 Å². The van der Waals surface area contributed by atoms with Crippen LogP contribution in [0.2, 0.25) is 0 Å². The highest BCUT2D eigenvalue weighted by Gasteiger charge is 2.25. The molecule has 1 aliphatic carbocycles. The monoisotopic (exact) mass is 282 g/mol. The summed E-state index contributed by atoms with van der Waals surface area (Å²) < 4.78 is 0. The van der Waals surface area contributed by atoms with Gasteiger partial charge in [-0.3, -0.25) is 4.79 Å². The molecule has 3 nitrogen and oxygen atoms in total.